The van der Waals surface area contributed by atoms with Crippen LogP contribution in [0.1, 0.15) is 22.1 Å². The molecule has 1 atom stereocenters. The van der Waals surface area contributed by atoms with Crippen molar-refractivity contribution in [1.82, 2.24) is 4.98 Å². The fraction of sp³-hybridized carbons (Fsp3) is 0.238. The van der Waals surface area contributed by atoms with E-state index in [0.29, 0.717) is 10.9 Å². The molecule has 0 bridgehead atoms. The Balaban J connectivity index is 1.82. The molecule has 0 saturated carbocycles. The topological polar surface area (TPSA) is 42.4 Å². The Morgan fingerprint density at radius 2 is 2.04 bits per heavy atom. The van der Waals surface area contributed by atoms with Crippen molar-refractivity contribution in [3.63, 3.8) is 0 Å². The lowest BCUT2D eigenvalue weighted by Gasteiger charge is -2.27. The quantitative estimate of drug-likeness (QED) is 0.562. The first-order valence-electron chi connectivity index (χ1n) is 8.63. The molecule has 1 saturated heterocycles. The molecule has 138 valence electrons. The highest BCUT2D eigenvalue weighted by Crippen LogP contribution is 2.45. The van der Waals surface area contributed by atoms with Crippen molar-refractivity contribution in [2.45, 2.75) is 19.2 Å². The third-order valence-corrected chi connectivity index (χ3v) is 6.47. The summed E-state index contributed by atoms with van der Waals surface area (Å²) >= 11 is 8.13. The average molecular weight is 399 g/mol. The average Bonchev–Trinajstić information content (AvgIpc) is 3.04. The fourth-order valence-electron chi connectivity index (χ4n) is 3.35. The Hall–Kier alpha value is -2.24. The number of hydrogen-bond donors (Lipinski definition) is 0. The Kier molecular flexibility index (Phi) is 4.74. The SMILES string of the molecule is COc1ccc2cc(C3SCC(=O)N3c3cccc(C)c3C)c(Cl)nc2c1. The Morgan fingerprint density at radius 1 is 1.22 bits per heavy atom. The van der Waals surface area contributed by atoms with E-state index in [-0.39, 0.29) is 11.3 Å². The number of anilines is 1. The number of rotatable bonds is 3. The number of thioether (sulfide) groups is 1. The molecule has 0 radical (unpaired) electrons. The number of nitrogens with zero attached hydrogens (tertiary/aromatic N) is 2. The van der Waals surface area contributed by atoms with Crippen LogP contribution in [0.15, 0.2) is 42.5 Å². The number of carbonyl (C=O) groups is 1. The second-order valence-electron chi connectivity index (χ2n) is 6.57. The van der Waals surface area contributed by atoms with Gasteiger partial charge in [-0.05, 0) is 49.2 Å². The van der Waals surface area contributed by atoms with Crippen LogP contribution in [0.2, 0.25) is 5.15 Å². The summed E-state index contributed by atoms with van der Waals surface area (Å²) in [6.45, 7) is 4.10. The zero-order chi connectivity index (χ0) is 19.1. The number of aryl methyl sites for hydroxylation is 1. The van der Waals surface area contributed by atoms with Gasteiger partial charge in [-0.2, -0.15) is 0 Å². The molecule has 2 aromatic carbocycles. The lowest BCUT2D eigenvalue weighted by Crippen LogP contribution is -2.29. The summed E-state index contributed by atoms with van der Waals surface area (Å²) in [5.41, 5.74) is 4.82. The number of fused-ring (bicyclic) bond motifs is 1. The summed E-state index contributed by atoms with van der Waals surface area (Å²) in [5.74, 6) is 1.25. The lowest BCUT2D eigenvalue weighted by molar-refractivity contribution is -0.115. The van der Waals surface area contributed by atoms with Crippen LogP contribution in [0.25, 0.3) is 10.9 Å². The molecule has 3 aromatic rings. The molecule has 0 aliphatic carbocycles. The standard InChI is InChI=1S/C21H19ClN2O2S/c1-12-5-4-6-18(13(12)2)24-19(25)11-27-21(24)16-9-14-7-8-15(26-3)10-17(14)23-20(16)22/h4-10,21H,11H2,1-3H3. The number of halogens is 1. The summed E-state index contributed by atoms with van der Waals surface area (Å²) < 4.78 is 5.27. The van der Waals surface area contributed by atoms with Gasteiger partial charge in [0.1, 0.15) is 16.3 Å². The minimum atomic E-state index is -0.190. The molecule has 1 fully saturated rings. The number of ether oxygens (including phenoxy) is 1. The number of amides is 1. The molecular formula is C21H19ClN2O2S. The minimum absolute atomic E-state index is 0.0876. The van der Waals surface area contributed by atoms with E-state index in [2.05, 4.69) is 18.0 Å². The third-order valence-electron chi connectivity index (χ3n) is 4.97. The lowest BCUT2D eigenvalue weighted by atomic mass is 10.1. The van der Waals surface area contributed by atoms with Crippen molar-refractivity contribution in [1.29, 1.82) is 0 Å². The van der Waals surface area contributed by atoms with Crippen LogP contribution in [-0.4, -0.2) is 23.8 Å². The van der Waals surface area contributed by atoms with Gasteiger partial charge in [0.2, 0.25) is 5.91 Å². The summed E-state index contributed by atoms with van der Waals surface area (Å²) in [6.07, 6.45) is 0. The zero-order valence-corrected chi connectivity index (χ0v) is 16.9. The molecule has 1 unspecified atom stereocenters. The van der Waals surface area contributed by atoms with Gasteiger partial charge >= 0.3 is 0 Å². The van der Waals surface area contributed by atoms with Crippen LogP contribution in [0, 0.1) is 13.8 Å². The highest BCUT2D eigenvalue weighted by atomic mass is 35.5. The monoisotopic (exact) mass is 398 g/mol. The fourth-order valence-corrected chi connectivity index (χ4v) is 4.84. The van der Waals surface area contributed by atoms with E-state index in [0.717, 1.165) is 39.0 Å². The Labute approximate surface area is 167 Å². The molecule has 27 heavy (non-hydrogen) atoms. The minimum Gasteiger partial charge on any atom is -0.497 e. The summed E-state index contributed by atoms with van der Waals surface area (Å²) in [5, 5.41) is 1.19. The zero-order valence-electron chi connectivity index (χ0n) is 15.3. The van der Waals surface area contributed by atoms with Crippen LogP contribution in [-0.2, 0) is 4.79 Å². The molecule has 1 aliphatic heterocycles. The van der Waals surface area contributed by atoms with Crippen LogP contribution in [0.4, 0.5) is 5.69 Å². The molecule has 4 nitrogen and oxygen atoms in total. The molecule has 6 heteroatoms. The van der Waals surface area contributed by atoms with Crippen molar-refractivity contribution in [3.8, 4) is 5.75 Å². The molecule has 4 rings (SSSR count). The van der Waals surface area contributed by atoms with Crippen LogP contribution in [0.3, 0.4) is 0 Å². The molecule has 0 spiro atoms. The highest BCUT2D eigenvalue weighted by molar-refractivity contribution is 8.00. The van der Waals surface area contributed by atoms with Gasteiger partial charge in [0.05, 0.1) is 18.4 Å². The molecule has 1 aliphatic rings. The van der Waals surface area contributed by atoms with Crippen molar-refractivity contribution < 1.29 is 9.53 Å². The van der Waals surface area contributed by atoms with Crippen LogP contribution in [0.5, 0.6) is 5.75 Å². The van der Waals surface area contributed by atoms with E-state index in [9.17, 15) is 4.79 Å². The molecule has 0 N–H and O–H groups in total. The van der Waals surface area contributed by atoms with Crippen LogP contribution >= 0.6 is 23.4 Å². The van der Waals surface area contributed by atoms with E-state index >= 15 is 0 Å². The molecular weight excluding hydrogens is 380 g/mol. The normalized spacial score (nSPS) is 17.0. The van der Waals surface area contributed by atoms with Gasteiger partial charge in [-0.1, -0.05) is 23.7 Å². The van der Waals surface area contributed by atoms with Crippen molar-refractivity contribution in [2.24, 2.45) is 0 Å². The first-order valence-corrected chi connectivity index (χ1v) is 10.1. The first-order chi connectivity index (χ1) is 13.0. The molecule has 1 amide bonds. The van der Waals surface area contributed by atoms with Crippen molar-refractivity contribution >= 4 is 45.9 Å². The van der Waals surface area contributed by atoms with Crippen molar-refractivity contribution in [3.05, 3.63) is 64.3 Å². The highest BCUT2D eigenvalue weighted by Gasteiger charge is 2.36. The van der Waals surface area contributed by atoms with Crippen molar-refractivity contribution in [2.75, 3.05) is 17.8 Å². The largest absolute Gasteiger partial charge is 0.497 e. The maximum absolute atomic E-state index is 12.7. The van der Waals surface area contributed by atoms with Gasteiger partial charge in [0.15, 0.2) is 0 Å². The van der Waals surface area contributed by atoms with Gasteiger partial charge in [0, 0.05) is 22.7 Å². The van der Waals surface area contributed by atoms with Gasteiger partial charge in [0.25, 0.3) is 0 Å². The Bertz CT molecular complexity index is 1050. The summed E-state index contributed by atoms with van der Waals surface area (Å²) in [7, 11) is 1.62. The number of benzene rings is 2. The van der Waals surface area contributed by atoms with E-state index in [1.54, 1.807) is 18.9 Å². The third kappa shape index (κ3) is 3.15. The summed E-state index contributed by atoms with van der Waals surface area (Å²) in [6, 6.07) is 13.8. The second kappa shape index (κ2) is 7.06. The maximum Gasteiger partial charge on any atom is 0.238 e. The smallest absolute Gasteiger partial charge is 0.238 e. The Morgan fingerprint density at radius 3 is 2.81 bits per heavy atom. The number of methoxy groups -OCH3 is 1. The van der Waals surface area contributed by atoms with Gasteiger partial charge in [-0.3, -0.25) is 9.69 Å². The van der Waals surface area contributed by atoms with E-state index < -0.39 is 0 Å². The van der Waals surface area contributed by atoms with Gasteiger partial charge in [-0.25, -0.2) is 4.98 Å². The second-order valence-corrected chi connectivity index (χ2v) is 8.00. The summed E-state index contributed by atoms with van der Waals surface area (Å²) in [4.78, 5) is 19.1. The number of pyridine rings is 1. The van der Waals surface area contributed by atoms with Gasteiger partial charge < -0.3 is 4.74 Å². The number of aromatic nitrogens is 1. The first kappa shape index (κ1) is 18.1. The molecule has 2 heterocycles. The van der Waals surface area contributed by atoms with Crippen LogP contribution < -0.4 is 9.64 Å². The predicted molar refractivity (Wildman–Crippen MR) is 112 cm³/mol. The number of carbonyl (C=O) groups excluding carboxylic acids is 1. The van der Waals surface area contributed by atoms with E-state index in [1.807, 2.05) is 48.2 Å². The van der Waals surface area contributed by atoms with E-state index in [4.69, 9.17) is 16.3 Å². The molecule has 1 aromatic heterocycles. The predicted octanol–water partition coefficient (Wildman–Crippen LogP) is 5.29. The number of hydrogen-bond acceptors (Lipinski definition) is 4. The van der Waals surface area contributed by atoms with Gasteiger partial charge in [-0.15, -0.1) is 11.8 Å². The van der Waals surface area contributed by atoms with E-state index in [1.165, 1.54) is 0 Å². The maximum atomic E-state index is 12.7.